The maximum atomic E-state index is 13.1. The number of hydrogen-bond donors (Lipinski definition) is 2. The normalized spacial score (nSPS) is 23.5. The number of piperidine rings is 2. The molecule has 0 amide bonds. The van der Waals surface area contributed by atoms with E-state index in [0.717, 1.165) is 77.5 Å². The number of esters is 2. The molecule has 3 aliphatic rings. The lowest BCUT2D eigenvalue weighted by Gasteiger charge is -2.40. The Balaban J connectivity index is 1.60. The summed E-state index contributed by atoms with van der Waals surface area (Å²) in [4.78, 5) is 26.2. The van der Waals surface area contributed by atoms with E-state index in [1.54, 1.807) is 0 Å². The van der Waals surface area contributed by atoms with Gasteiger partial charge in [0.05, 0.1) is 39.0 Å². The minimum Gasteiger partial charge on any atom is -0.459 e. The zero-order chi connectivity index (χ0) is 23.2. The van der Waals surface area contributed by atoms with Gasteiger partial charge in [0.1, 0.15) is 11.2 Å². The third-order valence-corrected chi connectivity index (χ3v) is 8.55. The molecule has 0 aromatic heterocycles. The van der Waals surface area contributed by atoms with E-state index in [4.69, 9.17) is 9.47 Å². The largest absolute Gasteiger partial charge is 0.459 e. The first kappa shape index (κ1) is 25.5. The molecule has 0 radical (unpaired) electrons. The van der Waals surface area contributed by atoms with Crippen LogP contribution in [0.25, 0.3) is 0 Å². The molecule has 32 heavy (non-hydrogen) atoms. The maximum Gasteiger partial charge on any atom is 0.306 e. The van der Waals surface area contributed by atoms with Gasteiger partial charge < -0.3 is 20.1 Å². The van der Waals surface area contributed by atoms with Gasteiger partial charge in [-0.1, -0.05) is 19.3 Å². The van der Waals surface area contributed by atoms with Crippen molar-refractivity contribution >= 4 is 11.9 Å². The van der Waals surface area contributed by atoms with E-state index in [1.165, 1.54) is 6.42 Å². The van der Waals surface area contributed by atoms with Gasteiger partial charge in [0, 0.05) is 37.5 Å². The van der Waals surface area contributed by atoms with Crippen LogP contribution in [0, 0.1) is 17.3 Å². The van der Waals surface area contributed by atoms with Crippen LogP contribution >= 0.6 is 0 Å². The molecule has 0 atom stereocenters. The maximum absolute atomic E-state index is 13.1. The third-order valence-electron chi connectivity index (χ3n) is 8.55. The lowest BCUT2D eigenvalue weighted by atomic mass is 9.69. The molecule has 0 aromatic rings. The summed E-state index contributed by atoms with van der Waals surface area (Å²) in [7, 11) is 0. The van der Waals surface area contributed by atoms with Crippen LogP contribution in [0.2, 0.25) is 0 Å². The molecule has 6 nitrogen and oxygen atoms in total. The van der Waals surface area contributed by atoms with Gasteiger partial charge in [0.2, 0.25) is 0 Å². The molecular weight excluding hydrogens is 404 g/mol. The second-order valence-electron chi connectivity index (χ2n) is 11.8. The summed E-state index contributed by atoms with van der Waals surface area (Å²) in [6.45, 7) is 12.7. The monoisotopic (exact) mass is 452 g/mol. The van der Waals surface area contributed by atoms with Crippen LogP contribution in [0.4, 0.5) is 0 Å². The quantitative estimate of drug-likeness (QED) is 0.554. The van der Waals surface area contributed by atoms with E-state index < -0.39 is 11.2 Å². The highest BCUT2D eigenvalue weighted by molar-refractivity contribution is 5.75. The number of rotatable bonds is 8. The van der Waals surface area contributed by atoms with Crippen LogP contribution < -0.4 is 10.6 Å². The molecular formula is C26H48N2O4+2. The van der Waals surface area contributed by atoms with Crippen LogP contribution in [-0.2, 0) is 19.1 Å². The Morgan fingerprint density at radius 3 is 1.47 bits per heavy atom. The molecule has 0 spiro atoms. The first-order valence-corrected chi connectivity index (χ1v) is 13.2. The summed E-state index contributed by atoms with van der Waals surface area (Å²) in [6, 6.07) is 0. The van der Waals surface area contributed by atoms with Crippen molar-refractivity contribution in [3.63, 3.8) is 0 Å². The van der Waals surface area contributed by atoms with E-state index >= 15 is 0 Å². The Hall–Kier alpha value is -1.14. The summed E-state index contributed by atoms with van der Waals surface area (Å²) in [5.41, 5.74) is -1.19. The van der Waals surface area contributed by atoms with Gasteiger partial charge in [-0.3, -0.25) is 9.59 Å². The van der Waals surface area contributed by atoms with Gasteiger partial charge in [-0.05, 0) is 46.0 Å². The molecule has 0 unspecified atom stereocenters. The lowest BCUT2D eigenvalue weighted by Crippen LogP contribution is -2.86. The van der Waals surface area contributed by atoms with Crippen LogP contribution in [-0.4, -0.2) is 49.3 Å². The van der Waals surface area contributed by atoms with Crippen molar-refractivity contribution in [2.45, 2.75) is 110 Å². The Labute approximate surface area is 194 Å². The fourth-order valence-electron chi connectivity index (χ4n) is 6.40. The van der Waals surface area contributed by atoms with Crippen molar-refractivity contribution in [2.24, 2.45) is 17.3 Å². The number of ether oxygens (including phenoxy) is 2. The highest BCUT2D eigenvalue weighted by atomic mass is 16.6. The van der Waals surface area contributed by atoms with Gasteiger partial charge >= 0.3 is 11.9 Å². The highest BCUT2D eigenvalue weighted by Gasteiger charge is 2.42. The molecule has 0 bridgehead atoms. The van der Waals surface area contributed by atoms with Crippen LogP contribution in [0.15, 0.2) is 0 Å². The van der Waals surface area contributed by atoms with Crippen LogP contribution in [0.1, 0.15) is 98.3 Å². The predicted molar refractivity (Wildman–Crippen MR) is 124 cm³/mol. The predicted octanol–water partition coefficient (Wildman–Crippen LogP) is 2.31. The minimum absolute atomic E-state index is 0.138. The van der Waals surface area contributed by atoms with E-state index in [2.05, 4.69) is 38.3 Å². The average molecular weight is 453 g/mol. The number of hydrogen-bond acceptors (Lipinski definition) is 4. The summed E-state index contributed by atoms with van der Waals surface area (Å²) >= 11 is 0. The molecule has 184 valence electrons. The fraction of sp³-hybridized carbons (Fsp3) is 0.923. The van der Waals surface area contributed by atoms with Gasteiger partial charge in [-0.15, -0.1) is 0 Å². The average Bonchev–Trinajstić information content (AvgIpc) is 2.74. The smallest absolute Gasteiger partial charge is 0.306 e. The van der Waals surface area contributed by atoms with Gasteiger partial charge in [0.15, 0.2) is 0 Å². The molecule has 0 aromatic carbocycles. The molecule has 1 aliphatic carbocycles. The molecule has 3 rings (SSSR count). The van der Waals surface area contributed by atoms with Crippen LogP contribution in [0.5, 0.6) is 0 Å². The Morgan fingerprint density at radius 2 is 1.09 bits per heavy atom. The Kier molecular flexibility index (Phi) is 8.65. The minimum atomic E-state index is -0.443. The Bertz CT molecular complexity index is 580. The first-order valence-electron chi connectivity index (χ1n) is 13.2. The molecule has 3 fully saturated rings. The lowest BCUT2D eigenvalue weighted by molar-refractivity contribution is -0.666. The summed E-state index contributed by atoms with van der Waals surface area (Å²) in [5.74, 6) is 0.553. The fourth-order valence-corrected chi connectivity index (χ4v) is 6.40. The zero-order valence-electron chi connectivity index (χ0n) is 21.0. The van der Waals surface area contributed by atoms with E-state index in [0.29, 0.717) is 24.7 Å². The number of carbonyl (C=O) groups excluding carboxylic acids is 2. The SMILES string of the molecule is CC(C)(OC(=O)CC1(CC(=O)OC(C)(C)C2CC[NH2+]CC2)CCCCC1)C1CC[NH2+]CC1. The summed E-state index contributed by atoms with van der Waals surface area (Å²) in [6.07, 6.45) is 10.2. The molecule has 1 saturated carbocycles. The van der Waals surface area contributed by atoms with Gasteiger partial charge in [-0.25, -0.2) is 0 Å². The summed E-state index contributed by atoms with van der Waals surface area (Å²) in [5, 5.41) is 4.67. The van der Waals surface area contributed by atoms with Crippen molar-refractivity contribution in [3.8, 4) is 0 Å². The highest BCUT2D eigenvalue weighted by Crippen LogP contribution is 2.44. The van der Waals surface area contributed by atoms with E-state index in [-0.39, 0.29) is 17.4 Å². The summed E-state index contributed by atoms with van der Waals surface area (Å²) < 4.78 is 12.1. The van der Waals surface area contributed by atoms with E-state index in [9.17, 15) is 9.59 Å². The second kappa shape index (κ2) is 10.9. The molecule has 4 N–H and O–H groups in total. The standard InChI is InChI=1S/C26H46N2O4/c1-24(2,20-8-14-27-15-9-20)31-22(29)18-26(12-6-5-7-13-26)19-23(30)32-25(3,4)21-10-16-28-17-11-21/h20-21,27-28H,5-19H2,1-4H3/p+2. The number of carbonyl (C=O) groups is 2. The Morgan fingerprint density at radius 1 is 0.719 bits per heavy atom. The molecule has 6 heteroatoms. The number of nitrogens with two attached hydrogens (primary N) is 2. The number of quaternary nitrogens is 2. The first-order chi connectivity index (χ1) is 15.1. The second-order valence-corrected chi connectivity index (χ2v) is 11.8. The van der Waals surface area contributed by atoms with Crippen LogP contribution in [0.3, 0.4) is 0 Å². The van der Waals surface area contributed by atoms with Crippen molar-refractivity contribution in [2.75, 3.05) is 26.2 Å². The van der Waals surface area contributed by atoms with Gasteiger partial charge in [0.25, 0.3) is 0 Å². The molecule has 2 heterocycles. The van der Waals surface area contributed by atoms with Crippen molar-refractivity contribution in [1.29, 1.82) is 0 Å². The molecule has 2 aliphatic heterocycles. The van der Waals surface area contributed by atoms with E-state index in [1.807, 2.05) is 0 Å². The third kappa shape index (κ3) is 6.93. The van der Waals surface area contributed by atoms with Crippen molar-refractivity contribution in [3.05, 3.63) is 0 Å². The van der Waals surface area contributed by atoms with Crippen molar-refractivity contribution in [1.82, 2.24) is 0 Å². The van der Waals surface area contributed by atoms with Gasteiger partial charge in [-0.2, -0.15) is 0 Å². The van der Waals surface area contributed by atoms with Crippen molar-refractivity contribution < 1.29 is 29.7 Å². The topological polar surface area (TPSA) is 85.8 Å². The molecule has 2 saturated heterocycles. The zero-order valence-corrected chi connectivity index (χ0v) is 21.0.